The van der Waals surface area contributed by atoms with Crippen LogP contribution in [0.5, 0.6) is 0 Å². The lowest BCUT2D eigenvalue weighted by molar-refractivity contribution is -0.132. The highest BCUT2D eigenvalue weighted by Crippen LogP contribution is 2.56. The smallest absolute Gasteiger partial charge is 0.224 e. The Morgan fingerprint density at radius 3 is 2.52 bits per heavy atom. The maximum Gasteiger partial charge on any atom is 0.224 e. The Kier molecular flexibility index (Phi) is 3.31. The molecule has 5 unspecified atom stereocenters. The first kappa shape index (κ1) is 13.7. The van der Waals surface area contributed by atoms with Gasteiger partial charge in [-0.2, -0.15) is 0 Å². The quantitative estimate of drug-likeness (QED) is 0.680. The molecule has 0 heterocycles. The van der Waals surface area contributed by atoms with E-state index < -0.39 is 0 Å². The van der Waals surface area contributed by atoms with E-state index in [-0.39, 0.29) is 11.6 Å². The van der Waals surface area contributed by atoms with Crippen molar-refractivity contribution in [2.24, 2.45) is 29.6 Å². The van der Waals surface area contributed by atoms with Gasteiger partial charge in [-0.15, -0.1) is 0 Å². The molecule has 4 rings (SSSR count). The molecule has 0 aliphatic heterocycles. The van der Waals surface area contributed by atoms with Crippen LogP contribution in [0.3, 0.4) is 0 Å². The molecule has 5 atom stereocenters. The van der Waals surface area contributed by atoms with E-state index in [1.807, 2.05) is 0 Å². The minimum atomic E-state index is -0.124. The molecule has 0 radical (unpaired) electrons. The standard InChI is InChI=1S/C19H26O2/c1-2-11-9-15-13-6-4-3-5-12(13)7-8-14(15)16-10-17(20)19(21)18(11)16/h12-16H,2-10H2,1H3. The van der Waals surface area contributed by atoms with Crippen molar-refractivity contribution in [3.63, 3.8) is 0 Å². The van der Waals surface area contributed by atoms with Crippen LogP contribution in [0.1, 0.15) is 64.7 Å². The topological polar surface area (TPSA) is 34.1 Å². The molecule has 2 nitrogen and oxygen atoms in total. The Labute approximate surface area is 127 Å². The number of Topliss-reactive ketones (excluding diaryl/α,β-unsaturated/α-hetero) is 2. The van der Waals surface area contributed by atoms with E-state index in [0.29, 0.717) is 18.3 Å². The van der Waals surface area contributed by atoms with Gasteiger partial charge in [-0.1, -0.05) is 31.8 Å². The molecule has 0 N–H and O–H groups in total. The van der Waals surface area contributed by atoms with Crippen LogP contribution in [0.2, 0.25) is 0 Å². The molecule has 3 saturated carbocycles. The third kappa shape index (κ3) is 1.98. The number of hydrogen-bond donors (Lipinski definition) is 0. The average molecular weight is 286 g/mol. The van der Waals surface area contributed by atoms with Crippen molar-refractivity contribution in [2.75, 3.05) is 0 Å². The van der Waals surface area contributed by atoms with Gasteiger partial charge in [0.1, 0.15) is 0 Å². The second-order valence-electron chi connectivity index (χ2n) is 7.75. The van der Waals surface area contributed by atoms with Gasteiger partial charge in [-0.05, 0) is 61.7 Å². The van der Waals surface area contributed by atoms with Crippen LogP contribution in [0.4, 0.5) is 0 Å². The summed E-state index contributed by atoms with van der Waals surface area (Å²) in [7, 11) is 0. The highest BCUT2D eigenvalue weighted by Gasteiger charge is 2.51. The molecule has 0 aromatic heterocycles. The molecule has 0 aromatic carbocycles. The van der Waals surface area contributed by atoms with Crippen molar-refractivity contribution >= 4 is 11.6 Å². The summed E-state index contributed by atoms with van der Waals surface area (Å²) in [6.45, 7) is 2.16. The van der Waals surface area contributed by atoms with Crippen LogP contribution < -0.4 is 0 Å². The zero-order valence-electron chi connectivity index (χ0n) is 13.1. The van der Waals surface area contributed by atoms with Gasteiger partial charge in [0.2, 0.25) is 11.6 Å². The minimum Gasteiger partial charge on any atom is -0.290 e. The summed E-state index contributed by atoms with van der Waals surface area (Å²) >= 11 is 0. The van der Waals surface area contributed by atoms with Crippen molar-refractivity contribution in [3.8, 4) is 0 Å². The predicted octanol–water partition coefficient (Wildman–Crippen LogP) is 4.09. The first-order chi connectivity index (χ1) is 10.2. The number of hydrogen-bond acceptors (Lipinski definition) is 2. The maximum atomic E-state index is 12.3. The predicted molar refractivity (Wildman–Crippen MR) is 81.7 cm³/mol. The van der Waals surface area contributed by atoms with Crippen molar-refractivity contribution in [1.29, 1.82) is 0 Å². The van der Waals surface area contributed by atoms with Gasteiger partial charge in [-0.3, -0.25) is 9.59 Å². The Hall–Kier alpha value is -0.920. The lowest BCUT2D eigenvalue weighted by atomic mass is 9.54. The number of carbonyl (C=O) groups is 2. The number of ketones is 2. The summed E-state index contributed by atoms with van der Waals surface area (Å²) in [5.74, 6) is 3.28. The molecule has 0 saturated heterocycles. The summed E-state index contributed by atoms with van der Waals surface area (Å²) in [5.41, 5.74) is 2.31. The first-order valence-corrected chi connectivity index (χ1v) is 9.00. The fourth-order valence-corrected chi connectivity index (χ4v) is 6.13. The van der Waals surface area contributed by atoms with E-state index in [1.165, 1.54) is 44.1 Å². The number of carbonyl (C=O) groups excluding carboxylic acids is 2. The zero-order chi connectivity index (χ0) is 14.6. The van der Waals surface area contributed by atoms with Crippen LogP contribution in [0, 0.1) is 29.6 Å². The normalized spacial score (nSPS) is 42.6. The van der Waals surface area contributed by atoms with Crippen LogP contribution in [-0.2, 0) is 9.59 Å². The first-order valence-electron chi connectivity index (χ1n) is 9.00. The molecule has 114 valence electrons. The third-order valence-corrected chi connectivity index (χ3v) is 7.02. The van der Waals surface area contributed by atoms with Crippen molar-refractivity contribution in [2.45, 2.75) is 64.7 Å². The third-order valence-electron chi connectivity index (χ3n) is 7.02. The van der Waals surface area contributed by atoms with Gasteiger partial charge in [0.25, 0.3) is 0 Å². The average Bonchev–Trinajstić information content (AvgIpc) is 2.82. The van der Waals surface area contributed by atoms with Gasteiger partial charge in [0.05, 0.1) is 0 Å². The Morgan fingerprint density at radius 1 is 0.905 bits per heavy atom. The highest BCUT2D eigenvalue weighted by molar-refractivity contribution is 6.46. The number of fused-ring (bicyclic) bond motifs is 5. The Balaban J connectivity index is 1.71. The highest BCUT2D eigenvalue weighted by atomic mass is 16.2. The van der Waals surface area contributed by atoms with Gasteiger partial charge in [0.15, 0.2) is 0 Å². The van der Waals surface area contributed by atoms with Gasteiger partial charge >= 0.3 is 0 Å². The molecular weight excluding hydrogens is 260 g/mol. The maximum absolute atomic E-state index is 12.3. The van der Waals surface area contributed by atoms with Gasteiger partial charge in [0, 0.05) is 12.0 Å². The van der Waals surface area contributed by atoms with E-state index in [1.54, 1.807) is 0 Å². The molecule has 0 bridgehead atoms. The van der Waals surface area contributed by atoms with Crippen LogP contribution in [-0.4, -0.2) is 11.6 Å². The van der Waals surface area contributed by atoms with Crippen molar-refractivity contribution < 1.29 is 9.59 Å². The number of rotatable bonds is 1. The van der Waals surface area contributed by atoms with E-state index in [0.717, 1.165) is 36.2 Å². The summed E-state index contributed by atoms with van der Waals surface area (Å²) in [4.78, 5) is 24.2. The molecule has 0 aromatic rings. The second-order valence-corrected chi connectivity index (χ2v) is 7.75. The Morgan fingerprint density at radius 2 is 1.71 bits per heavy atom. The zero-order valence-corrected chi connectivity index (χ0v) is 13.1. The molecule has 2 heteroatoms. The minimum absolute atomic E-state index is 0.104. The van der Waals surface area contributed by atoms with Crippen molar-refractivity contribution in [1.82, 2.24) is 0 Å². The fraction of sp³-hybridized carbons (Fsp3) is 0.789. The fourth-order valence-electron chi connectivity index (χ4n) is 6.13. The molecule has 3 fully saturated rings. The Bertz CT molecular complexity index is 516. The van der Waals surface area contributed by atoms with E-state index in [2.05, 4.69) is 6.92 Å². The largest absolute Gasteiger partial charge is 0.290 e. The molecular formula is C19H26O2. The van der Waals surface area contributed by atoms with E-state index in [9.17, 15) is 9.59 Å². The van der Waals surface area contributed by atoms with E-state index in [4.69, 9.17) is 0 Å². The summed E-state index contributed by atoms with van der Waals surface area (Å²) < 4.78 is 0. The summed E-state index contributed by atoms with van der Waals surface area (Å²) in [6, 6.07) is 0. The summed E-state index contributed by atoms with van der Waals surface area (Å²) in [6.07, 6.45) is 10.8. The van der Waals surface area contributed by atoms with Crippen LogP contribution in [0.25, 0.3) is 0 Å². The molecule has 0 spiro atoms. The molecule has 4 aliphatic carbocycles. The second kappa shape index (κ2) is 5.07. The van der Waals surface area contributed by atoms with Crippen LogP contribution >= 0.6 is 0 Å². The van der Waals surface area contributed by atoms with E-state index >= 15 is 0 Å². The van der Waals surface area contributed by atoms with Gasteiger partial charge < -0.3 is 0 Å². The lowest BCUT2D eigenvalue weighted by Crippen LogP contribution is -2.42. The number of allylic oxidation sites excluding steroid dienone is 2. The lowest BCUT2D eigenvalue weighted by Gasteiger charge is -2.50. The van der Waals surface area contributed by atoms with Gasteiger partial charge in [-0.25, -0.2) is 0 Å². The van der Waals surface area contributed by atoms with Crippen LogP contribution in [0.15, 0.2) is 11.1 Å². The molecule has 4 aliphatic rings. The SMILES string of the molecule is CCC1=C2C(=O)C(=O)CC2C2CCC3CCCCC3C2C1. The monoisotopic (exact) mass is 286 g/mol. The summed E-state index contributed by atoms with van der Waals surface area (Å²) in [5, 5.41) is 0. The van der Waals surface area contributed by atoms with Crippen molar-refractivity contribution in [3.05, 3.63) is 11.1 Å². The molecule has 0 amide bonds. The molecule has 21 heavy (non-hydrogen) atoms.